The van der Waals surface area contributed by atoms with Crippen molar-refractivity contribution in [3.8, 4) is 11.1 Å². The van der Waals surface area contributed by atoms with Gasteiger partial charge >= 0.3 is 6.18 Å². The monoisotopic (exact) mass is 494 g/mol. The van der Waals surface area contributed by atoms with E-state index in [0.29, 0.717) is 0 Å². The van der Waals surface area contributed by atoms with E-state index in [1.54, 1.807) is 12.1 Å². The first-order valence-corrected chi connectivity index (χ1v) is 12.8. The van der Waals surface area contributed by atoms with Gasteiger partial charge in [0, 0.05) is 37.1 Å². The van der Waals surface area contributed by atoms with Crippen LogP contribution in [0.3, 0.4) is 0 Å². The number of rotatable bonds is 5. The normalized spacial score (nSPS) is 25.1. The summed E-state index contributed by atoms with van der Waals surface area (Å²) >= 11 is 0. The van der Waals surface area contributed by atoms with Gasteiger partial charge in [0.1, 0.15) is 0 Å². The van der Waals surface area contributed by atoms with Gasteiger partial charge in [0.2, 0.25) is 0 Å². The number of hydrogen-bond acceptors (Lipinski definition) is 4. The largest absolute Gasteiger partial charge is 0.416 e. The van der Waals surface area contributed by atoms with Crippen molar-refractivity contribution in [2.24, 2.45) is 5.73 Å². The summed E-state index contributed by atoms with van der Waals surface area (Å²) in [6, 6.07) is 20.2. The fraction of sp³-hybridized carbons (Fsp3) is 0.414. The number of pyridine rings is 1. The van der Waals surface area contributed by atoms with Gasteiger partial charge in [0.05, 0.1) is 16.8 Å². The summed E-state index contributed by atoms with van der Waals surface area (Å²) in [7, 11) is 0. The predicted molar refractivity (Wildman–Crippen MR) is 138 cm³/mol. The SMILES string of the molecule is NC1(c2cc(-c3ccccc3)ccn2)CCCCC1N[C@H]1CCCN(c2ccc(C(F)(F)F)cc2)C1. The van der Waals surface area contributed by atoms with Crippen molar-refractivity contribution in [1.82, 2.24) is 10.3 Å². The van der Waals surface area contributed by atoms with Gasteiger partial charge < -0.3 is 16.0 Å². The number of nitrogens with one attached hydrogen (secondary N) is 1. The van der Waals surface area contributed by atoms with Crippen molar-refractivity contribution >= 4 is 5.69 Å². The van der Waals surface area contributed by atoms with Crippen molar-refractivity contribution in [3.05, 3.63) is 84.2 Å². The van der Waals surface area contributed by atoms with Crippen LogP contribution in [0.4, 0.5) is 18.9 Å². The van der Waals surface area contributed by atoms with E-state index < -0.39 is 17.3 Å². The molecule has 3 atom stereocenters. The zero-order chi connectivity index (χ0) is 25.2. The van der Waals surface area contributed by atoms with Gasteiger partial charge in [-0.25, -0.2) is 0 Å². The highest BCUT2D eigenvalue weighted by atomic mass is 19.4. The van der Waals surface area contributed by atoms with Crippen LogP contribution < -0.4 is 16.0 Å². The molecule has 1 saturated heterocycles. The van der Waals surface area contributed by atoms with E-state index in [1.165, 1.54) is 12.1 Å². The van der Waals surface area contributed by atoms with Crippen molar-refractivity contribution in [2.45, 2.75) is 62.3 Å². The fourth-order valence-electron chi connectivity index (χ4n) is 5.73. The molecule has 3 aromatic rings. The lowest BCUT2D eigenvalue weighted by Gasteiger charge is -2.45. The van der Waals surface area contributed by atoms with Gasteiger partial charge in [-0.1, -0.05) is 43.2 Å². The molecule has 1 aliphatic carbocycles. The van der Waals surface area contributed by atoms with Gasteiger partial charge in [-0.15, -0.1) is 0 Å². The molecule has 1 aromatic heterocycles. The molecule has 1 aliphatic heterocycles. The number of anilines is 1. The van der Waals surface area contributed by atoms with Crippen molar-refractivity contribution < 1.29 is 13.2 Å². The number of nitrogens with two attached hydrogens (primary N) is 1. The Bertz CT molecular complexity index is 1150. The number of hydrogen-bond donors (Lipinski definition) is 2. The summed E-state index contributed by atoms with van der Waals surface area (Å²) < 4.78 is 38.9. The molecule has 0 amide bonds. The van der Waals surface area contributed by atoms with Gasteiger partial charge in [-0.05, 0) is 73.2 Å². The average Bonchev–Trinajstić information content (AvgIpc) is 2.90. The van der Waals surface area contributed by atoms with Gasteiger partial charge in [0.25, 0.3) is 0 Å². The Hall–Kier alpha value is -2.90. The number of alkyl halides is 3. The molecule has 5 rings (SSSR count). The van der Waals surface area contributed by atoms with Gasteiger partial charge in [0.15, 0.2) is 0 Å². The second kappa shape index (κ2) is 10.2. The van der Waals surface area contributed by atoms with E-state index in [4.69, 9.17) is 10.7 Å². The number of halogens is 3. The summed E-state index contributed by atoms with van der Waals surface area (Å²) in [5, 5.41) is 3.85. The maximum atomic E-state index is 13.0. The third-order valence-electron chi connectivity index (χ3n) is 7.72. The molecule has 2 unspecified atom stereocenters. The Morgan fingerprint density at radius 1 is 0.917 bits per heavy atom. The zero-order valence-electron chi connectivity index (χ0n) is 20.3. The standard InChI is InChI=1S/C29H33F3N4/c30-29(31,32)23-11-13-25(14-12-23)36-18-6-9-24(20-36)35-26-10-4-5-16-28(26,33)27-19-22(15-17-34-27)21-7-2-1-3-8-21/h1-3,7-8,11-15,17,19,24,26,35H,4-6,9-10,16,18,20,33H2/t24-,26?,28?/m0/s1. The summed E-state index contributed by atoms with van der Waals surface area (Å²) in [6.45, 7) is 1.58. The lowest BCUT2D eigenvalue weighted by atomic mass is 9.74. The number of aromatic nitrogens is 1. The Balaban J connectivity index is 1.32. The maximum absolute atomic E-state index is 13.0. The minimum absolute atomic E-state index is 0.0855. The third kappa shape index (κ3) is 5.27. The summed E-state index contributed by atoms with van der Waals surface area (Å²) in [5.41, 5.74) is 9.96. The van der Waals surface area contributed by atoms with E-state index in [1.807, 2.05) is 30.5 Å². The minimum atomic E-state index is -4.32. The van der Waals surface area contributed by atoms with E-state index in [-0.39, 0.29) is 12.1 Å². The molecule has 2 fully saturated rings. The van der Waals surface area contributed by atoms with Crippen LogP contribution in [0.1, 0.15) is 49.8 Å². The Labute approximate surface area is 210 Å². The smallest absolute Gasteiger partial charge is 0.370 e. The van der Waals surface area contributed by atoms with Gasteiger partial charge in [-0.3, -0.25) is 4.98 Å². The molecule has 3 N–H and O–H groups in total. The molecule has 0 bridgehead atoms. The molecule has 7 heteroatoms. The molecule has 2 aliphatic rings. The van der Waals surface area contributed by atoms with E-state index >= 15 is 0 Å². The topological polar surface area (TPSA) is 54.2 Å². The van der Waals surface area contributed by atoms with Crippen molar-refractivity contribution in [2.75, 3.05) is 18.0 Å². The average molecular weight is 495 g/mol. The second-order valence-corrected chi connectivity index (χ2v) is 10.1. The Kier molecular flexibility index (Phi) is 7.04. The highest BCUT2D eigenvalue weighted by Crippen LogP contribution is 2.37. The van der Waals surface area contributed by atoms with Crippen molar-refractivity contribution in [1.29, 1.82) is 0 Å². The number of nitrogens with zero attached hydrogens (tertiary/aromatic N) is 2. The fourth-order valence-corrected chi connectivity index (χ4v) is 5.73. The van der Waals surface area contributed by atoms with Crippen LogP contribution >= 0.6 is 0 Å². The zero-order valence-corrected chi connectivity index (χ0v) is 20.3. The Morgan fingerprint density at radius 2 is 1.69 bits per heavy atom. The molecular weight excluding hydrogens is 461 g/mol. The summed E-state index contributed by atoms with van der Waals surface area (Å²) in [4.78, 5) is 6.90. The highest BCUT2D eigenvalue weighted by Gasteiger charge is 2.41. The van der Waals surface area contributed by atoms with Crippen molar-refractivity contribution in [3.63, 3.8) is 0 Å². The quantitative estimate of drug-likeness (QED) is 0.449. The van der Waals surface area contributed by atoms with E-state index in [0.717, 1.165) is 74.1 Å². The molecule has 2 heterocycles. The van der Waals surface area contributed by atoms with Crippen LogP contribution in [0.2, 0.25) is 0 Å². The first-order valence-electron chi connectivity index (χ1n) is 12.8. The molecule has 2 aromatic carbocycles. The second-order valence-electron chi connectivity index (χ2n) is 10.1. The number of piperidine rings is 1. The molecular formula is C29H33F3N4. The van der Waals surface area contributed by atoms with Crippen LogP contribution in [0.15, 0.2) is 72.9 Å². The third-order valence-corrected chi connectivity index (χ3v) is 7.72. The van der Waals surface area contributed by atoms with Crippen LogP contribution in [-0.2, 0) is 11.7 Å². The van der Waals surface area contributed by atoms with Crippen LogP contribution in [0, 0.1) is 0 Å². The molecule has 36 heavy (non-hydrogen) atoms. The molecule has 0 spiro atoms. The van der Waals surface area contributed by atoms with Gasteiger partial charge in [-0.2, -0.15) is 13.2 Å². The van der Waals surface area contributed by atoms with E-state index in [9.17, 15) is 13.2 Å². The lowest BCUT2D eigenvalue weighted by molar-refractivity contribution is -0.137. The minimum Gasteiger partial charge on any atom is -0.370 e. The predicted octanol–water partition coefficient (Wildman–Crippen LogP) is 6.12. The van der Waals surface area contributed by atoms with Crippen LogP contribution in [0.5, 0.6) is 0 Å². The summed E-state index contributed by atoms with van der Waals surface area (Å²) in [5.74, 6) is 0. The maximum Gasteiger partial charge on any atom is 0.416 e. The molecule has 1 saturated carbocycles. The lowest BCUT2D eigenvalue weighted by Crippen LogP contribution is -2.61. The highest BCUT2D eigenvalue weighted by molar-refractivity contribution is 5.63. The van der Waals surface area contributed by atoms with Crippen LogP contribution in [0.25, 0.3) is 11.1 Å². The molecule has 4 nitrogen and oxygen atoms in total. The Morgan fingerprint density at radius 3 is 2.44 bits per heavy atom. The van der Waals surface area contributed by atoms with E-state index in [2.05, 4.69) is 28.4 Å². The van der Waals surface area contributed by atoms with Crippen LogP contribution in [-0.4, -0.2) is 30.2 Å². The molecule has 190 valence electrons. The first kappa shape index (κ1) is 24.8. The summed E-state index contributed by atoms with van der Waals surface area (Å²) in [6.07, 6.45) is 3.55. The number of benzene rings is 2. The first-order chi connectivity index (χ1) is 17.3. The molecule has 0 radical (unpaired) electrons.